The van der Waals surface area contributed by atoms with E-state index in [2.05, 4.69) is 32.1 Å². The van der Waals surface area contributed by atoms with E-state index in [1.165, 1.54) is 17.0 Å². The van der Waals surface area contributed by atoms with E-state index in [4.69, 9.17) is 0 Å². The van der Waals surface area contributed by atoms with Crippen molar-refractivity contribution in [2.45, 2.75) is 39.2 Å². The Labute approximate surface area is 139 Å². The zero-order valence-electron chi connectivity index (χ0n) is 13.3. The van der Waals surface area contributed by atoms with Gasteiger partial charge in [-0.05, 0) is 25.2 Å². The number of hydrogen-bond donors (Lipinski definition) is 2. The zero-order chi connectivity index (χ0) is 15.8. The Kier molecular flexibility index (Phi) is 3.90. The summed E-state index contributed by atoms with van der Waals surface area (Å²) in [6.07, 6.45) is 5.96. The van der Waals surface area contributed by atoms with Crippen LogP contribution in [0.3, 0.4) is 0 Å². The Balaban J connectivity index is 1.36. The van der Waals surface area contributed by atoms with Gasteiger partial charge in [0.05, 0.1) is 30.0 Å². The van der Waals surface area contributed by atoms with Gasteiger partial charge >= 0.3 is 0 Å². The number of carbonyl (C=O) groups is 1. The van der Waals surface area contributed by atoms with E-state index in [1.807, 2.05) is 0 Å². The molecule has 6 nitrogen and oxygen atoms in total. The third kappa shape index (κ3) is 3.16. The van der Waals surface area contributed by atoms with Gasteiger partial charge in [0.25, 0.3) is 0 Å². The molecular weight excluding hydrogens is 310 g/mol. The van der Waals surface area contributed by atoms with Gasteiger partial charge in [0.2, 0.25) is 5.91 Å². The smallest absolute Gasteiger partial charge is 0.240 e. The summed E-state index contributed by atoms with van der Waals surface area (Å²) < 4.78 is 0. The number of amides is 1. The Morgan fingerprint density at radius 2 is 2.39 bits per heavy atom. The lowest BCUT2D eigenvalue weighted by Gasteiger charge is -2.25. The molecule has 1 aliphatic heterocycles. The lowest BCUT2D eigenvalue weighted by Crippen LogP contribution is -2.37. The molecule has 2 aromatic rings. The Bertz CT molecular complexity index is 722. The highest BCUT2D eigenvalue weighted by Crippen LogP contribution is 2.32. The van der Waals surface area contributed by atoms with Crippen molar-refractivity contribution in [3.63, 3.8) is 0 Å². The van der Waals surface area contributed by atoms with Gasteiger partial charge in [0.1, 0.15) is 0 Å². The summed E-state index contributed by atoms with van der Waals surface area (Å²) in [5.41, 5.74) is 3.44. The number of aromatic amines is 1. The average molecular weight is 331 g/mol. The fourth-order valence-electron chi connectivity index (χ4n) is 3.36. The number of fused-ring (bicyclic) bond motifs is 2. The maximum Gasteiger partial charge on any atom is 0.240 e. The highest BCUT2D eigenvalue weighted by molar-refractivity contribution is 7.15. The highest BCUT2D eigenvalue weighted by Gasteiger charge is 2.22. The van der Waals surface area contributed by atoms with Crippen LogP contribution >= 0.6 is 11.3 Å². The van der Waals surface area contributed by atoms with E-state index in [-0.39, 0.29) is 5.91 Å². The standard InChI is InChI=1S/C16H21N5OS/c1-10-2-3-12-14(6-10)23-16(19-12)20-15(22)8-21-5-4-11-13(7-21)18-9-17-11/h9-10H,2-8H2,1H3,(H,17,18)(H,19,20,22)/t10-/m1/s1. The molecule has 0 unspecified atom stereocenters. The third-order valence-corrected chi connectivity index (χ3v) is 5.69. The quantitative estimate of drug-likeness (QED) is 0.902. The van der Waals surface area contributed by atoms with E-state index in [1.54, 1.807) is 17.7 Å². The Morgan fingerprint density at radius 3 is 3.30 bits per heavy atom. The van der Waals surface area contributed by atoms with Gasteiger partial charge < -0.3 is 10.3 Å². The van der Waals surface area contributed by atoms with Crippen molar-refractivity contribution < 1.29 is 4.79 Å². The molecule has 0 saturated heterocycles. The van der Waals surface area contributed by atoms with Crippen LogP contribution < -0.4 is 5.32 Å². The first-order valence-electron chi connectivity index (χ1n) is 8.19. The number of carbonyl (C=O) groups excluding carboxylic acids is 1. The minimum atomic E-state index is 0.0205. The maximum atomic E-state index is 12.3. The van der Waals surface area contributed by atoms with E-state index < -0.39 is 0 Å². The topological polar surface area (TPSA) is 73.9 Å². The van der Waals surface area contributed by atoms with E-state index >= 15 is 0 Å². The molecule has 23 heavy (non-hydrogen) atoms. The molecule has 2 aliphatic rings. The number of anilines is 1. The van der Waals surface area contributed by atoms with E-state index in [9.17, 15) is 4.79 Å². The SMILES string of the molecule is C[C@@H]1CCc2nc(NC(=O)CN3CCc4nc[nH]c4C3)sc2C1. The summed E-state index contributed by atoms with van der Waals surface area (Å²) in [5, 5.41) is 3.74. The second kappa shape index (κ2) is 6.05. The van der Waals surface area contributed by atoms with Gasteiger partial charge in [0, 0.05) is 24.4 Å². The average Bonchev–Trinajstić information content (AvgIpc) is 3.11. The molecule has 0 aromatic carbocycles. The zero-order valence-corrected chi connectivity index (χ0v) is 14.1. The monoisotopic (exact) mass is 331 g/mol. The molecule has 7 heteroatoms. The van der Waals surface area contributed by atoms with Gasteiger partial charge in [-0.2, -0.15) is 0 Å². The molecular formula is C16H21N5OS. The first kappa shape index (κ1) is 14.8. The molecule has 1 atom stereocenters. The lowest BCUT2D eigenvalue weighted by molar-refractivity contribution is -0.117. The largest absolute Gasteiger partial charge is 0.347 e. The first-order valence-corrected chi connectivity index (χ1v) is 9.01. The second-order valence-electron chi connectivity index (χ2n) is 6.57. The number of thiazole rings is 1. The molecule has 0 radical (unpaired) electrons. The molecule has 1 amide bonds. The summed E-state index contributed by atoms with van der Waals surface area (Å²) >= 11 is 1.64. The first-order chi connectivity index (χ1) is 11.2. The minimum absolute atomic E-state index is 0.0205. The molecule has 2 N–H and O–H groups in total. The number of aryl methyl sites for hydroxylation is 1. The Morgan fingerprint density at radius 1 is 1.48 bits per heavy atom. The fourth-order valence-corrected chi connectivity index (χ4v) is 4.55. The molecule has 0 spiro atoms. The number of hydrogen-bond acceptors (Lipinski definition) is 5. The van der Waals surface area contributed by atoms with Crippen molar-refractivity contribution in [2.75, 3.05) is 18.4 Å². The fraction of sp³-hybridized carbons (Fsp3) is 0.562. The number of nitrogens with zero attached hydrogens (tertiary/aromatic N) is 3. The molecule has 2 aromatic heterocycles. The van der Waals surface area contributed by atoms with Crippen molar-refractivity contribution in [3.05, 3.63) is 28.3 Å². The van der Waals surface area contributed by atoms with Gasteiger partial charge in [-0.3, -0.25) is 9.69 Å². The van der Waals surface area contributed by atoms with Crippen LogP contribution in [-0.4, -0.2) is 38.8 Å². The van der Waals surface area contributed by atoms with Crippen LogP contribution in [0, 0.1) is 5.92 Å². The van der Waals surface area contributed by atoms with Crippen molar-refractivity contribution in [1.82, 2.24) is 19.9 Å². The van der Waals surface area contributed by atoms with Crippen molar-refractivity contribution >= 4 is 22.4 Å². The molecule has 0 bridgehead atoms. The molecule has 1 aliphatic carbocycles. The summed E-state index contributed by atoms with van der Waals surface area (Å²) in [6.45, 7) is 4.31. The predicted octanol–water partition coefficient (Wildman–Crippen LogP) is 1.99. The number of imidazole rings is 1. The Hall–Kier alpha value is -1.73. The van der Waals surface area contributed by atoms with E-state index in [0.29, 0.717) is 6.54 Å². The predicted molar refractivity (Wildman–Crippen MR) is 89.5 cm³/mol. The van der Waals surface area contributed by atoms with Gasteiger partial charge in [0.15, 0.2) is 5.13 Å². The van der Waals surface area contributed by atoms with Crippen LogP contribution in [0.5, 0.6) is 0 Å². The van der Waals surface area contributed by atoms with Crippen molar-refractivity contribution in [2.24, 2.45) is 5.92 Å². The summed E-state index contributed by atoms with van der Waals surface area (Å²) in [7, 11) is 0. The normalized spacial score (nSPS) is 20.8. The van der Waals surface area contributed by atoms with Crippen LogP contribution in [0.2, 0.25) is 0 Å². The molecule has 122 valence electrons. The van der Waals surface area contributed by atoms with Crippen LogP contribution in [0.1, 0.15) is 35.3 Å². The summed E-state index contributed by atoms with van der Waals surface area (Å²) in [5.74, 6) is 0.746. The van der Waals surface area contributed by atoms with Crippen LogP contribution in [-0.2, 0) is 30.6 Å². The number of aromatic nitrogens is 3. The summed E-state index contributed by atoms with van der Waals surface area (Å²) in [6, 6.07) is 0. The number of H-pyrrole nitrogens is 1. The lowest BCUT2D eigenvalue weighted by atomic mass is 9.93. The van der Waals surface area contributed by atoms with Gasteiger partial charge in [-0.15, -0.1) is 11.3 Å². The minimum Gasteiger partial charge on any atom is -0.347 e. The van der Waals surface area contributed by atoms with Gasteiger partial charge in [-0.1, -0.05) is 6.92 Å². The number of nitrogens with one attached hydrogen (secondary N) is 2. The number of rotatable bonds is 3. The van der Waals surface area contributed by atoms with Crippen molar-refractivity contribution in [1.29, 1.82) is 0 Å². The van der Waals surface area contributed by atoms with Crippen LogP contribution in [0.15, 0.2) is 6.33 Å². The third-order valence-electron chi connectivity index (χ3n) is 4.65. The maximum absolute atomic E-state index is 12.3. The summed E-state index contributed by atoms with van der Waals surface area (Å²) in [4.78, 5) is 27.8. The van der Waals surface area contributed by atoms with Crippen LogP contribution in [0.4, 0.5) is 5.13 Å². The van der Waals surface area contributed by atoms with E-state index in [0.717, 1.165) is 54.8 Å². The molecule has 4 rings (SSSR count). The van der Waals surface area contributed by atoms with Crippen molar-refractivity contribution in [3.8, 4) is 0 Å². The highest BCUT2D eigenvalue weighted by atomic mass is 32.1. The van der Waals surface area contributed by atoms with Crippen LogP contribution in [0.25, 0.3) is 0 Å². The molecule has 0 saturated carbocycles. The molecule has 3 heterocycles. The second-order valence-corrected chi connectivity index (χ2v) is 7.66. The van der Waals surface area contributed by atoms with Gasteiger partial charge in [-0.25, -0.2) is 9.97 Å². The molecule has 0 fully saturated rings.